The SMILES string of the molecule is Cl.FC1(F)CCCN(CC[C@@H]2Cc3ccccc3CN2)C1. The van der Waals surface area contributed by atoms with Gasteiger partial charge in [-0.1, -0.05) is 24.3 Å². The number of benzene rings is 1. The van der Waals surface area contributed by atoms with Crippen LogP contribution in [0, 0.1) is 0 Å². The number of rotatable bonds is 3. The van der Waals surface area contributed by atoms with Crippen LogP contribution in [0.2, 0.25) is 0 Å². The third kappa shape index (κ3) is 4.38. The van der Waals surface area contributed by atoms with E-state index in [1.165, 1.54) is 11.1 Å². The van der Waals surface area contributed by atoms with Gasteiger partial charge < -0.3 is 5.32 Å². The Hall–Kier alpha value is -0.710. The topological polar surface area (TPSA) is 15.3 Å². The van der Waals surface area contributed by atoms with Gasteiger partial charge in [-0.2, -0.15) is 0 Å². The molecule has 21 heavy (non-hydrogen) atoms. The Labute approximate surface area is 131 Å². The number of likely N-dealkylation sites (tertiary alicyclic amines) is 1. The fraction of sp³-hybridized carbons (Fsp3) is 0.625. The van der Waals surface area contributed by atoms with E-state index in [2.05, 4.69) is 29.6 Å². The number of alkyl halides is 2. The number of hydrogen-bond acceptors (Lipinski definition) is 2. The molecule has 1 fully saturated rings. The van der Waals surface area contributed by atoms with Crippen LogP contribution in [0.3, 0.4) is 0 Å². The van der Waals surface area contributed by atoms with Gasteiger partial charge in [0.2, 0.25) is 0 Å². The molecule has 0 saturated carbocycles. The van der Waals surface area contributed by atoms with Gasteiger partial charge in [0.25, 0.3) is 5.92 Å². The van der Waals surface area contributed by atoms with Crippen LogP contribution in [0.4, 0.5) is 8.78 Å². The molecule has 2 aliphatic heterocycles. The molecule has 0 radical (unpaired) electrons. The summed E-state index contributed by atoms with van der Waals surface area (Å²) in [5, 5.41) is 3.52. The Morgan fingerprint density at radius 1 is 1.24 bits per heavy atom. The molecule has 1 aromatic carbocycles. The zero-order chi connectivity index (χ0) is 14.0. The van der Waals surface area contributed by atoms with Gasteiger partial charge in [0.05, 0.1) is 6.54 Å². The third-order valence-corrected chi connectivity index (χ3v) is 4.43. The first-order valence-corrected chi connectivity index (χ1v) is 7.53. The largest absolute Gasteiger partial charge is 0.310 e. The maximum Gasteiger partial charge on any atom is 0.260 e. The molecule has 2 aliphatic rings. The summed E-state index contributed by atoms with van der Waals surface area (Å²) in [6.07, 6.45) is 2.64. The van der Waals surface area contributed by atoms with Gasteiger partial charge in [-0.05, 0) is 43.5 Å². The normalized spacial score (nSPS) is 25.0. The van der Waals surface area contributed by atoms with Crippen molar-refractivity contribution in [3.63, 3.8) is 0 Å². The van der Waals surface area contributed by atoms with Gasteiger partial charge in [0, 0.05) is 19.0 Å². The maximum atomic E-state index is 13.4. The summed E-state index contributed by atoms with van der Waals surface area (Å²) in [7, 11) is 0. The van der Waals surface area contributed by atoms with Crippen molar-refractivity contribution in [2.24, 2.45) is 0 Å². The average molecular weight is 317 g/mol. The zero-order valence-corrected chi connectivity index (χ0v) is 13.0. The highest BCUT2D eigenvalue weighted by molar-refractivity contribution is 5.85. The van der Waals surface area contributed by atoms with Crippen LogP contribution in [-0.4, -0.2) is 36.5 Å². The minimum atomic E-state index is -2.48. The molecule has 2 heterocycles. The average Bonchev–Trinajstić information content (AvgIpc) is 2.44. The second-order valence-electron chi connectivity index (χ2n) is 6.07. The van der Waals surface area contributed by atoms with E-state index in [4.69, 9.17) is 0 Å². The van der Waals surface area contributed by atoms with Crippen molar-refractivity contribution in [1.29, 1.82) is 0 Å². The number of halogens is 3. The Kier molecular flexibility index (Phi) is 5.58. The first-order valence-electron chi connectivity index (χ1n) is 7.53. The lowest BCUT2D eigenvalue weighted by Gasteiger charge is -2.34. The highest BCUT2D eigenvalue weighted by atomic mass is 35.5. The zero-order valence-electron chi connectivity index (χ0n) is 12.2. The fourth-order valence-corrected chi connectivity index (χ4v) is 3.30. The molecule has 1 aromatic rings. The van der Waals surface area contributed by atoms with Gasteiger partial charge >= 0.3 is 0 Å². The molecule has 1 N–H and O–H groups in total. The van der Waals surface area contributed by atoms with Crippen LogP contribution >= 0.6 is 12.4 Å². The Balaban J connectivity index is 0.00000161. The van der Waals surface area contributed by atoms with Crippen LogP contribution in [-0.2, 0) is 13.0 Å². The second-order valence-corrected chi connectivity index (χ2v) is 6.07. The molecular weight excluding hydrogens is 294 g/mol. The molecule has 0 aromatic heterocycles. The highest BCUT2D eigenvalue weighted by Crippen LogP contribution is 2.27. The monoisotopic (exact) mass is 316 g/mol. The molecular formula is C16H23ClF2N2. The Morgan fingerprint density at radius 3 is 2.76 bits per heavy atom. The van der Waals surface area contributed by atoms with Crippen molar-refractivity contribution >= 4 is 12.4 Å². The second kappa shape index (κ2) is 7.03. The van der Waals surface area contributed by atoms with Crippen LogP contribution in [0.25, 0.3) is 0 Å². The third-order valence-electron chi connectivity index (χ3n) is 4.43. The molecule has 1 saturated heterocycles. The lowest BCUT2D eigenvalue weighted by atomic mass is 9.94. The van der Waals surface area contributed by atoms with E-state index in [0.717, 1.165) is 32.5 Å². The molecule has 0 spiro atoms. The first-order chi connectivity index (χ1) is 9.62. The molecule has 2 nitrogen and oxygen atoms in total. The highest BCUT2D eigenvalue weighted by Gasteiger charge is 2.35. The lowest BCUT2D eigenvalue weighted by molar-refractivity contribution is -0.0644. The summed E-state index contributed by atoms with van der Waals surface area (Å²) in [6, 6.07) is 8.89. The standard InChI is InChI=1S/C16H22F2N2.ClH/c17-16(18)7-3-8-20(12-16)9-6-15-10-13-4-1-2-5-14(13)11-19-15;/h1-2,4-5,15,19H,3,6-12H2;1H/t15-;/m1./s1. The number of hydrogen-bond donors (Lipinski definition) is 1. The number of fused-ring (bicyclic) bond motifs is 1. The smallest absolute Gasteiger partial charge is 0.260 e. The van der Waals surface area contributed by atoms with E-state index in [-0.39, 0.29) is 25.4 Å². The van der Waals surface area contributed by atoms with Crippen LogP contribution in [0.5, 0.6) is 0 Å². The van der Waals surface area contributed by atoms with Crippen molar-refractivity contribution in [1.82, 2.24) is 10.2 Å². The van der Waals surface area contributed by atoms with Crippen molar-refractivity contribution in [2.75, 3.05) is 19.6 Å². The summed E-state index contributed by atoms with van der Waals surface area (Å²) in [4.78, 5) is 1.92. The maximum absolute atomic E-state index is 13.4. The van der Waals surface area contributed by atoms with Gasteiger partial charge in [-0.15, -0.1) is 12.4 Å². The predicted octanol–water partition coefficient (Wildman–Crippen LogP) is 3.24. The fourth-order valence-electron chi connectivity index (χ4n) is 3.30. The van der Waals surface area contributed by atoms with Crippen molar-refractivity contribution in [3.05, 3.63) is 35.4 Å². The van der Waals surface area contributed by atoms with E-state index in [0.29, 0.717) is 12.5 Å². The minimum absolute atomic E-state index is 0. The van der Waals surface area contributed by atoms with Gasteiger partial charge in [0.15, 0.2) is 0 Å². The van der Waals surface area contributed by atoms with Crippen molar-refractivity contribution < 1.29 is 8.78 Å². The van der Waals surface area contributed by atoms with Crippen LogP contribution in [0.15, 0.2) is 24.3 Å². The Bertz CT molecular complexity index is 467. The minimum Gasteiger partial charge on any atom is -0.310 e. The summed E-state index contributed by atoms with van der Waals surface area (Å²) in [5.74, 6) is -2.48. The number of nitrogens with one attached hydrogen (secondary N) is 1. The number of piperidine rings is 1. The molecule has 0 bridgehead atoms. The van der Waals surface area contributed by atoms with Crippen molar-refractivity contribution in [3.8, 4) is 0 Å². The van der Waals surface area contributed by atoms with E-state index in [1.54, 1.807) is 0 Å². The quantitative estimate of drug-likeness (QED) is 0.921. The van der Waals surface area contributed by atoms with Gasteiger partial charge in [-0.25, -0.2) is 8.78 Å². The van der Waals surface area contributed by atoms with E-state index in [1.807, 2.05) is 4.90 Å². The molecule has 0 unspecified atom stereocenters. The van der Waals surface area contributed by atoms with Crippen molar-refractivity contribution in [2.45, 2.75) is 44.2 Å². The van der Waals surface area contributed by atoms with E-state index >= 15 is 0 Å². The van der Waals surface area contributed by atoms with Crippen LogP contribution < -0.4 is 5.32 Å². The summed E-state index contributed by atoms with van der Waals surface area (Å²) >= 11 is 0. The lowest BCUT2D eigenvalue weighted by Crippen LogP contribution is -2.45. The molecule has 118 valence electrons. The number of nitrogens with zero attached hydrogens (tertiary/aromatic N) is 1. The Morgan fingerprint density at radius 2 is 2.00 bits per heavy atom. The predicted molar refractivity (Wildman–Crippen MR) is 83.3 cm³/mol. The van der Waals surface area contributed by atoms with Crippen LogP contribution in [0.1, 0.15) is 30.4 Å². The summed E-state index contributed by atoms with van der Waals surface area (Å²) in [5.41, 5.74) is 2.77. The first kappa shape index (κ1) is 16.7. The summed E-state index contributed by atoms with van der Waals surface area (Å²) < 4.78 is 26.7. The molecule has 1 atom stereocenters. The molecule has 3 rings (SSSR count). The molecule has 0 amide bonds. The van der Waals surface area contributed by atoms with Gasteiger partial charge in [0.1, 0.15) is 0 Å². The van der Waals surface area contributed by atoms with E-state index in [9.17, 15) is 8.78 Å². The van der Waals surface area contributed by atoms with Gasteiger partial charge in [-0.3, -0.25) is 4.90 Å². The van der Waals surface area contributed by atoms with E-state index < -0.39 is 5.92 Å². The molecule has 0 aliphatic carbocycles. The molecule has 5 heteroatoms. The summed E-state index contributed by atoms with van der Waals surface area (Å²) in [6.45, 7) is 2.43.